The Labute approximate surface area is 73.2 Å². The molecule has 0 unspecified atom stereocenters. The predicted molar refractivity (Wildman–Crippen MR) is 47.4 cm³/mol. The number of aliphatic hydroxyl groups excluding tert-OH is 1. The second kappa shape index (κ2) is 5.71. The van der Waals surface area contributed by atoms with Crippen LogP contribution in [-0.4, -0.2) is 19.9 Å². The number of aliphatic hydroxyl groups is 1. The van der Waals surface area contributed by atoms with Crippen molar-refractivity contribution in [3.63, 3.8) is 0 Å². The van der Waals surface area contributed by atoms with Crippen molar-refractivity contribution in [3.8, 4) is 0 Å². The Bertz CT molecular complexity index is 205. The van der Waals surface area contributed by atoms with E-state index in [0.717, 1.165) is 5.92 Å². The van der Waals surface area contributed by atoms with Gasteiger partial charge in [-0.25, -0.2) is 4.98 Å². The third-order valence-electron chi connectivity index (χ3n) is 0.788. The summed E-state index contributed by atoms with van der Waals surface area (Å²) in [4.78, 5) is 3.74. The number of rotatable bonds is 1. The largest absolute Gasteiger partial charge is 0.388 e. The Balaban J connectivity index is 0.000000261. The monoisotopic (exact) mass is 171 g/mol. The molecule has 0 saturated carbocycles. The fourth-order valence-corrected chi connectivity index (χ4v) is 0.456. The minimum atomic E-state index is -0.0825. The molecule has 0 bridgehead atoms. The maximum absolute atomic E-state index is 8.41. The van der Waals surface area contributed by atoms with E-state index in [0.29, 0.717) is 5.82 Å². The molecule has 0 aliphatic carbocycles. The fraction of sp³-hybridized carbons (Fsp3) is 0.750. The standard InChI is InChI=1S/C4H7N3O.C4H10/c1-7-3-5-4(2-8)6-7;1-4(2)3/h3,8H,2H2,1H3;4H,1-3H3. The SMILES string of the molecule is CC(C)C.Cn1cnc(CO)n1. The molecule has 0 aliphatic rings. The molecule has 1 heterocycles. The topological polar surface area (TPSA) is 50.9 Å². The maximum atomic E-state index is 8.41. The van der Waals surface area contributed by atoms with Gasteiger partial charge in [-0.1, -0.05) is 20.8 Å². The first-order valence-corrected chi connectivity index (χ1v) is 4.01. The molecular weight excluding hydrogens is 154 g/mol. The van der Waals surface area contributed by atoms with Crippen LogP contribution in [0.3, 0.4) is 0 Å². The molecule has 0 amide bonds. The molecule has 12 heavy (non-hydrogen) atoms. The molecule has 4 heteroatoms. The lowest BCUT2D eigenvalue weighted by Gasteiger charge is -1.80. The molecule has 1 aromatic rings. The summed E-state index contributed by atoms with van der Waals surface area (Å²) in [6.07, 6.45) is 1.55. The number of aromatic nitrogens is 3. The van der Waals surface area contributed by atoms with Gasteiger partial charge in [0.05, 0.1) is 0 Å². The molecular formula is C8H17N3O. The van der Waals surface area contributed by atoms with Crippen LogP contribution in [0, 0.1) is 5.92 Å². The molecule has 0 spiro atoms. The summed E-state index contributed by atoms with van der Waals surface area (Å²) in [5.74, 6) is 1.30. The van der Waals surface area contributed by atoms with Gasteiger partial charge in [-0.2, -0.15) is 5.10 Å². The van der Waals surface area contributed by atoms with Gasteiger partial charge in [0.25, 0.3) is 0 Å². The normalized spacial score (nSPS) is 9.50. The third kappa shape index (κ3) is 5.85. The van der Waals surface area contributed by atoms with Crippen LogP contribution in [0.15, 0.2) is 6.33 Å². The van der Waals surface area contributed by atoms with Crippen molar-refractivity contribution in [3.05, 3.63) is 12.2 Å². The van der Waals surface area contributed by atoms with Gasteiger partial charge < -0.3 is 5.11 Å². The van der Waals surface area contributed by atoms with Gasteiger partial charge in [-0.3, -0.25) is 4.68 Å². The number of nitrogens with zero attached hydrogens (tertiary/aromatic N) is 3. The van der Waals surface area contributed by atoms with E-state index in [-0.39, 0.29) is 6.61 Å². The Hall–Kier alpha value is -0.900. The molecule has 0 radical (unpaired) electrons. The molecule has 1 aromatic heterocycles. The smallest absolute Gasteiger partial charge is 0.175 e. The van der Waals surface area contributed by atoms with Crippen LogP contribution in [0.1, 0.15) is 26.6 Å². The van der Waals surface area contributed by atoms with Crippen molar-refractivity contribution < 1.29 is 5.11 Å². The maximum Gasteiger partial charge on any atom is 0.175 e. The molecule has 0 saturated heterocycles. The van der Waals surface area contributed by atoms with Gasteiger partial charge in [0, 0.05) is 7.05 Å². The molecule has 4 nitrogen and oxygen atoms in total. The highest BCUT2D eigenvalue weighted by Crippen LogP contribution is 1.83. The van der Waals surface area contributed by atoms with Crippen LogP contribution in [0.5, 0.6) is 0 Å². The number of aryl methyl sites for hydroxylation is 1. The Kier molecular flexibility index (Phi) is 5.28. The summed E-state index contributed by atoms with van der Waals surface area (Å²) < 4.78 is 1.55. The van der Waals surface area contributed by atoms with E-state index in [2.05, 4.69) is 30.9 Å². The molecule has 0 aliphatic heterocycles. The van der Waals surface area contributed by atoms with E-state index in [1.807, 2.05) is 0 Å². The van der Waals surface area contributed by atoms with Crippen LogP contribution >= 0.6 is 0 Å². The highest BCUT2D eigenvalue weighted by Gasteiger charge is 1.91. The van der Waals surface area contributed by atoms with Crippen LogP contribution in [-0.2, 0) is 13.7 Å². The molecule has 0 aromatic carbocycles. The van der Waals surface area contributed by atoms with Gasteiger partial charge in [0.15, 0.2) is 5.82 Å². The van der Waals surface area contributed by atoms with Gasteiger partial charge >= 0.3 is 0 Å². The zero-order chi connectivity index (χ0) is 9.56. The van der Waals surface area contributed by atoms with Crippen molar-refractivity contribution in [2.75, 3.05) is 0 Å². The summed E-state index contributed by atoms with van der Waals surface area (Å²) in [6.45, 7) is 6.42. The summed E-state index contributed by atoms with van der Waals surface area (Å²) in [5, 5.41) is 12.2. The van der Waals surface area contributed by atoms with Crippen molar-refractivity contribution >= 4 is 0 Å². The third-order valence-corrected chi connectivity index (χ3v) is 0.788. The second-order valence-corrected chi connectivity index (χ2v) is 3.22. The quantitative estimate of drug-likeness (QED) is 0.685. The van der Waals surface area contributed by atoms with E-state index in [9.17, 15) is 0 Å². The van der Waals surface area contributed by atoms with Crippen LogP contribution in [0.25, 0.3) is 0 Å². The van der Waals surface area contributed by atoms with Gasteiger partial charge in [0.1, 0.15) is 12.9 Å². The molecule has 0 fully saturated rings. The number of hydrogen-bond donors (Lipinski definition) is 1. The first-order chi connectivity index (χ1) is 5.56. The van der Waals surface area contributed by atoms with Crippen molar-refractivity contribution in [1.29, 1.82) is 0 Å². The second-order valence-electron chi connectivity index (χ2n) is 3.22. The number of hydrogen-bond acceptors (Lipinski definition) is 3. The van der Waals surface area contributed by atoms with Crippen LogP contribution in [0.4, 0.5) is 0 Å². The van der Waals surface area contributed by atoms with E-state index in [1.54, 1.807) is 18.1 Å². The lowest BCUT2D eigenvalue weighted by atomic mass is 10.3. The average molecular weight is 171 g/mol. The van der Waals surface area contributed by atoms with Gasteiger partial charge in [-0.05, 0) is 5.92 Å². The van der Waals surface area contributed by atoms with Crippen molar-refractivity contribution in [1.82, 2.24) is 14.8 Å². The average Bonchev–Trinajstić information content (AvgIpc) is 2.34. The molecule has 1 N–H and O–H groups in total. The minimum absolute atomic E-state index is 0.0825. The Morgan fingerprint density at radius 3 is 2.17 bits per heavy atom. The highest BCUT2D eigenvalue weighted by molar-refractivity contribution is 4.75. The molecule has 70 valence electrons. The molecule has 1 rings (SSSR count). The summed E-state index contributed by atoms with van der Waals surface area (Å²) in [6, 6.07) is 0. The van der Waals surface area contributed by atoms with E-state index in [1.165, 1.54) is 0 Å². The Morgan fingerprint density at radius 2 is 2.00 bits per heavy atom. The summed E-state index contributed by atoms with van der Waals surface area (Å²) in [7, 11) is 1.76. The lowest BCUT2D eigenvalue weighted by molar-refractivity contribution is 0.271. The predicted octanol–water partition coefficient (Wildman–Crippen LogP) is 0.970. The van der Waals surface area contributed by atoms with Crippen molar-refractivity contribution in [2.45, 2.75) is 27.4 Å². The minimum Gasteiger partial charge on any atom is -0.388 e. The van der Waals surface area contributed by atoms with Crippen molar-refractivity contribution in [2.24, 2.45) is 13.0 Å². The fourth-order valence-electron chi connectivity index (χ4n) is 0.456. The Morgan fingerprint density at radius 1 is 1.50 bits per heavy atom. The zero-order valence-corrected chi connectivity index (χ0v) is 8.15. The summed E-state index contributed by atoms with van der Waals surface area (Å²) in [5.41, 5.74) is 0. The first kappa shape index (κ1) is 11.1. The summed E-state index contributed by atoms with van der Waals surface area (Å²) >= 11 is 0. The van der Waals surface area contributed by atoms with Gasteiger partial charge in [-0.15, -0.1) is 0 Å². The van der Waals surface area contributed by atoms with E-state index >= 15 is 0 Å². The van der Waals surface area contributed by atoms with Crippen LogP contribution < -0.4 is 0 Å². The first-order valence-electron chi connectivity index (χ1n) is 4.01. The lowest BCUT2D eigenvalue weighted by Crippen LogP contribution is -1.90. The molecule has 0 atom stereocenters. The van der Waals surface area contributed by atoms with Crippen LogP contribution in [0.2, 0.25) is 0 Å². The van der Waals surface area contributed by atoms with E-state index in [4.69, 9.17) is 5.11 Å². The van der Waals surface area contributed by atoms with Gasteiger partial charge in [0.2, 0.25) is 0 Å². The zero-order valence-electron chi connectivity index (χ0n) is 8.15. The highest BCUT2D eigenvalue weighted by atomic mass is 16.3. The van der Waals surface area contributed by atoms with E-state index < -0.39 is 0 Å².